The number of rotatable bonds is 8. The number of esters is 2. The van der Waals surface area contributed by atoms with Gasteiger partial charge in [0.25, 0.3) is 0 Å². The summed E-state index contributed by atoms with van der Waals surface area (Å²) in [6.07, 6.45) is -0.289. The molecule has 0 saturated carbocycles. The monoisotopic (exact) mass is 626 g/mol. The van der Waals surface area contributed by atoms with Crippen molar-refractivity contribution in [1.82, 2.24) is 19.9 Å². The maximum absolute atomic E-state index is 12.2. The van der Waals surface area contributed by atoms with Crippen molar-refractivity contribution in [3.63, 3.8) is 0 Å². The third-order valence-corrected chi connectivity index (χ3v) is 9.08. The summed E-state index contributed by atoms with van der Waals surface area (Å²) < 4.78 is 9.86. The predicted molar refractivity (Wildman–Crippen MR) is 179 cm³/mol. The summed E-state index contributed by atoms with van der Waals surface area (Å²) >= 11 is 0. The van der Waals surface area contributed by atoms with Crippen LogP contribution in [-0.2, 0) is 19.1 Å². The lowest BCUT2D eigenvalue weighted by Gasteiger charge is -2.06. The summed E-state index contributed by atoms with van der Waals surface area (Å²) in [5.74, 6) is -0.633. The van der Waals surface area contributed by atoms with Crippen LogP contribution < -0.4 is 0 Å². The van der Waals surface area contributed by atoms with Gasteiger partial charge in [-0.25, -0.2) is 9.97 Å². The van der Waals surface area contributed by atoms with Crippen molar-refractivity contribution in [2.75, 3.05) is 14.2 Å². The average Bonchev–Trinajstić information content (AvgIpc) is 3.67. The molecular weight excluding hydrogens is 584 g/mol. The number of allylic oxidation sites excluding steroid dienone is 4. The fourth-order valence-electron chi connectivity index (χ4n) is 6.51. The van der Waals surface area contributed by atoms with E-state index in [1.54, 1.807) is 13.8 Å². The molecule has 2 unspecified atom stereocenters. The molecular formula is C36H42N4O6. The van der Waals surface area contributed by atoms with Crippen LogP contribution in [0.2, 0.25) is 0 Å². The first kappa shape index (κ1) is 32.8. The number of carbonyl (C=O) groups is 2. The van der Waals surface area contributed by atoms with Gasteiger partial charge in [0.2, 0.25) is 0 Å². The zero-order valence-corrected chi connectivity index (χ0v) is 27.7. The quantitative estimate of drug-likeness (QED) is 0.199. The molecule has 2 atom stereocenters. The Hall–Kier alpha value is -4.54. The number of aliphatic hydroxyl groups excluding tert-OH is 2. The molecule has 0 spiro atoms. The average molecular weight is 627 g/mol. The normalized spacial score (nSPS) is 14.5. The second-order valence-corrected chi connectivity index (χ2v) is 12.0. The van der Waals surface area contributed by atoms with Gasteiger partial charge >= 0.3 is 11.9 Å². The maximum atomic E-state index is 12.2. The fraction of sp³-hybridized carbons (Fsp3) is 0.389. The van der Waals surface area contributed by atoms with Crippen LogP contribution in [0.4, 0.5) is 0 Å². The van der Waals surface area contributed by atoms with E-state index in [0.717, 1.165) is 72.3 Å². The molecule has 8 bridgehead atoms. The standard InChI is InChI=1S/C36H42N4O6/c1-17-23(9-11-33(43)45-7)29-16-30-24(10-12-34(44)46-8)18(2)26(38-30)14-31-36(22(6)42)20(4)28(40-31)15-32-35(21(5)41)19(3)27(39-32)13-25(17)37-29/h13-16,21-22,39-42H,9-12H2,1-8H3. The zero-order valence-electron chi connectivity index (χ0n) is 27.7. The van der Waals surface area contributed by atoms with Gasteiger partial charge in [-0.3, -0.25) is 9.59 Å². The number of aromatic amines is 2. The van der Waals surface area contributed by atoms with Gasteiger partial charge in [0.05, 0.1) is 49.2 Å². The number of nitrogens with zero attached hydrogens (tertiary/aromatic N) is 2. The Balaban J connectivity index is 1.91. The molecule has 5 heterocycles. The van der Waals surface area contributed by atoms with Crippen molar-refractivity contribution >= 4 is 56.3 Å². The second kappa shape index (κ2) is 13.1. The molecule has 0 aliphatic carbocycles. The third-order valence-electron chi connectivity index (χ3n) is 9.08. The molecule has 2 aliphatic heterocycles. The first-order chi connectivity index (χ1) is 21.8. The summed E-state index contributed by atoms with van der Waals surface area (Å²) in [6, 6.07) is 7.77. The minimum absolute atomic E-state index is 0.185. The van der Waals surface area contributed by atoms with Crippen LogP contribution in [0, 0.1) is 13.8 Å². The van der Waals surface area contributed by atoms with Crippen molar-refractivity contribution < 1.29 is 29.3 Å². The van der Waals surface area contributed by atoms with Crippen molar-refractivity contribution in [2.45, 2.75) is 79.4 Å². The maximum Gasteiger partial charge on any atom is 0.305 e. The third kappa shape index (κ3) is 6.15. The van der Waals surface area contributed by atoms with Gasteiger partial charge in [-0.1, -0.05) is 0 Å². The van der Waals surface area contributed by atoms with Crippen LogP contribution in [-0.4, -0.2) is 56.3 Å². The van der Waals surface area contributed by atoms with Crippen LogP contribution in [0.5, 0.6) is 0 Å². The molecule has 2 aliphatic rings. The molecule has 4 N–H and O–H groups in total. The van der Waals surface area contributed by atoms with E-state index in [-0.39, 0.29) is 24.8 Å². The minimum atomic E-state index is -0.760. The van der Waals surface area contributed by atoms with E-state index in [1.165, 1.54) is 14.2 Å². The van der Waals surface area contributed by atoms with Gasteiger partial charge < -0.3 is 29.7 Å². The van der Waals surface area contributed by atoms with Crippen molar-refractivity contribution in [1.29, 1.82) is 0 Å². The van der Waals surface area contributed by atoms with Crippen molar-refractivity contribution in [3.8, 4) is 0 Å². The van der Waals surface area contributed by atoms with Crippen LogP contribution in [0.3, 0.4) is 0 Å². The second-order valence-electron chi connectivity index (χ2n) is 12.0. The van der Waals surface area contributed by atoms with Gasteiger partial charge in [-0.2, -0.15) is 0 Å². The molecule has 0 saturated heterocycles. The van der Waals surface area contributed by atoms with E-state index in [4.69, 9.17) is 19.4 Å². The van der Waals surface area contributed by atoms with Crippen LogP contribution >= 0.6 is 0 Å². The highest BCUT2D eigenvalue weighted by Gasteiger charge is 2.24. The molecule has 5 rings (SSSR count). The molecule has 46 heavy (non-hydrogen) atoms. The van der Waals surface area contributed by atoms with E-state index in [9.17, 15) is 19.8 Å². The number of ether oxygens (including phenoxy) is 2. The summed E-state index contributed by atoms with van der Waals surface area (Å²) in [5, 5.41) is 21.7. The number of methoxy groups -OCH3 is 2. The number of fused-ring (bicyclic) bond motifs is 8. The Bertz CT molecular complexity index is 1960. The zero-order chi connectivity index (χ0) is 33.4. The van der Waals surface area contributed by atoms with E-state index in [1.807, 2.05) is 52.0 Å². The highest BCUT2D eigenvalue weighted by Crippen LogP contribution is 2.39. The molecule has 0 radical (unpaired) electrons. The topological polar surface area (TPSA) is 150 Å². The van der Waals surface area contributed by atoms with Crippen LogP contribution in [0.1, 0.15) is 111 Å². The van der Waals surface area contributed by atoms with Gasteiger partial charge in [-0.15, -0.1) is 0 Å². The number of aryl methyl sites for hydroxylation is 2. The summed E-state index contributed by atoms with van der Waals surface area (Å²) in [6.45, 7) is 11.4. The van der Waals surface area contributed by atoms with Gasteiger partial charge in [0.15, 0.2) is 0 Å². The van der Waals surface area contributed by atoms with Gasteiger partial charge in [0, 0.05) is 46.0 Å². The lowest BCUT2D eigenvalue weighted by atomic mass is 9.98. The van der Waals surface area contributed by atoms with E-state index in [2.05, 4.69) is 9.97 Å². The number of H-pyrrole nitrogens is 2. The van der Waals surface area contributed by atoms with Gasteiger partial charge in [-0.05, 0) is 112 Å². The van der Waals surface area contributed by atoms with Crippen molar-refractivity contribution in [3.05, 3.63) is 69.3 Å². The van der Waals surface area contributed by atoms with Crippen molar-refractivity contribution in [2.24, 2.45) is 0 Å². The SMILES string of the molecule is COC(=O)CCC1=C(C)c2cc3[nH]c(cc4[nH]c(cc5nc(cc1n2)C(CCC(=O)OC)=C5C)c(C(C)O)c4C)c(C(C)O)c3C. The van der Waals surface area contributed by atoms with Crippen LogP contribution in [0.15, 0.2) is 24.3 Å². The largest absolute Gasteiger partial charge is 0.469 e. The molecule has 10 nitrogen and oxygen atoms in total. The number of aliphatic hydroxyl groups is 2. The summed E-state index contributed by atoms with van der Waals surface area (Å²) in [4.78, 5) is 41.4. The number of nitrogens with one attached hydrogen (secondary N) is 2. The predicted octanol–water partition coefficient (Wildman–Crippen LogP) is 6.81. The number of carbonyl (C=O) groups excluding carboxylic acids is 2. The Morgan fingerprint density at radius 1 is 0.652 bits per heavy atom. The molecule has 0 aromatic carbocycles. The number of hydrogen-bond donors (Lipinski definition) is 4. The minimum Gasteiger partial charge on any atom is -0.469 e. The molecule has 0 amide bonds. The smallest absolute Gasteiger partial charge is 0.305 e. The van der Waals surface area contributed by atoms with Gasteiger partial charge in [0.1, 0.15) is 0 Å². The summed E-state index contributed by atoms with van der Waals surface area (Å²) in [5.41, 5.74) is 12.7. The highest BCUT2D eigenvalue weighted by molar-refractivity contribution is 5.96. The molecule has 10 heteroatoms. The lowest BCUT2D eigenvalue weighted by molar-refractivity contribution is -0.141. The van der Waals surface area contributed by atoms with E-state index in [0.29, 0.717) is 29.9 Å². The van der Waals surface area contributed by atoms with E-state index >= 15 is 0 Å². The Morgan fingerprint density at radius 2 is 1.04 bits per heavy atom. The van der Waals surface area contributed by atoms with E-state index < -0.39 is 12.2 Å². The molecule has 3 aromatic heterocycles. The Kier molecular flexibility index (Phi) is 9.32. The lowest BCUT2D eigenvalue weighted by Crippen LogP contribution is -2.01. The molecule has 3 aromatic rings. The first-order valence-corrected chi connectivity index (χ1v) is 15.5. The summed E-state index contributed by atoms with van der Waals surface area (Å²) in [7, 11) is 2.75. The fourth-order valence-corrected chi connectivity index (χ4v) is 6.51. The number of aromatic nitrogens is 4. The number of hydrogen-bond acceptors (Lipinski definition) is 8. The Morgan fingerprint density at radius 3 is 1.46 bits per heavy atom. The molecule has 0 fully saturated rings. The van der Waals surface area contributed by atoms with Crippen LogP contribution in [0.25, 0.3) is 44.4 Å². The first-order valence-electron chi connectivity index (χ1n) is 15.5. The molecule has 242 valence electrons. The highest BCUT2D eigenvalue weighted by atomic mass is 16.5. The Labute approximate surface area is 268 Å².